The maximum Gasteiger partial charge on any atom is 0.422 e. The number of pyridine rings is 2. The zero-order valence-corrected chi connectivity index (χ0v) is 15.9. The third-order valence-electron chi connectivity index (χ3n) is 3.92. The second kappa shape index (κ2) is 9.25. The number of rotatable bonds is 7. The van der Waals surface area contributed by atoms with Crippen molar-refractivity contribution in [2.24, 2.45) is 0 Å². The number of benzene rings is 1. The highest BCUT2D eigenvalue weighted by molar-refractivity contribution is 5.94. The number of ether oxygens (including phenoxy) is 2. The number of carbonyl (C=O) groups is 1. The van der Waals surface area contributed by atoms with Gasteiger partial charge in [0.05, 0.1) is 23.5 Å². The molecule has 9 heteroatoms. The van der Waals surface area contributed by atoms with E-state index in [0.717, 1.165) is 0 Å². The van der Waals surface area contributed by atoms with Crippen molar-refractivity contribution in [3.63, 3.8) is 0 Å². The topological polar surface area (TPSA) is 73.3 Å². The molecule has 0 saturated heterocycles. The lowest BCUT2D eigenvalue weighted by atomic mass is 10.2. The molecular weight excluding hydrogens is 399 g/mol. The Bertz CT molecular complexity index is 963. The molecule has 3 rings (SSSR count). The van der Waals surface area contributed by atoms with Gasteiger partial charge in [0.2, 0.25) is 5.88 Å². The van der Waals surface area contributed by atoms with Crippen molar-refractivity contribution < 1.29 is 27.4 Å². The van der Waals surface area contributed by atoms with Crippen LogP contribution >= 0.6 is 0 Å². The first kappa shape index (κ1) is 21.1. The van der Waals surface area contributed by atoms with Gasteiger partial charge in [-0.25, -0.2) is 4.98 Å². The fourth-order valence-corrected chi connectivity index (χ4v) is 2.44. The number of alkyl halides is 3. The highest BCUT2D eigenvalue weighted by Gasteiger charge is 2.28. The van der Waals surface area contributed by atoms with Crippen molar-refractivity contribution >= 4 is 5.91 Å². The SMILES string of the molecule is C[C@@H](NC(=O)c1ccc(Oc2ccccc2)nc1)c1ccc(OCC(F)(F)F)cn1. The molecule has 2 aromatic heterocycles. The van der Waals surface area contributed by atoms with E-state index in [9.17, 15) is 18.0 Å². The highest BCUT2D eigenvalue weighted by Crippen LogP contribution is 2.21. The van der Waals surface area contributed by atoms with Gasteiger partial charge in [0, 0.05) is 12.3 Å². The molecule has 0 saturated carbocycles. The predicted octanol–water partition coefficient (Wildman–Crippen LogP) is 4.70. The van der Waals surface area contributed by atoms with E-state index in [-0.39, 0.29) is 11.7 Å². The zero-order chi connectivity index (χ0) is 21.6. The Labute approximate surface area is 170 Å². The van der Waals surface area contributed by atoms with Crippen molar-refractivity contribution in [1.82, 2.24) is 15.3 Å². The standard InChI is InChI=1S/C21H18F3N3O3/c1-14(18-9-8-17(12-25-18)29-13-21(22,23)24)27-20(28)15-7-10-19(26-11-15)30-16-5-3-2-4-6-16/h2-12,14H,13H2,1H3,(H,27,28)/t14-/m1/s1. The van der Waals surface area contributed by atoms with Gasteiger partial charge in [-0.15, -0.1) is 0 Å². The minimum Gasteiger partial charge on any atom is -0.483 e. The molecule has 1 N–H and O–H groups in total. The molecule has 30 heavy (non-hydrogen) atoms. The predicted molar refractivity (Wildman–Crippen MR) is 102 cm³/mol. The monoisotopic (exact) mass is 417 g/mol. The van der Waals surface area contributed by atoms with E-state index >= 15 is 0 Å². The number of nitrogens with one attached hydrogen (secondary N) is 1. The highest BCUT2D eigenvalue weighted by atomic mass is 19.4. The van der Waals surface area contributed by atoms with Crippen LogP contribution in [0.15, 0.2) is 67.0 Å². The molecule has 2 heterocycles. The third kappa shape index (κ3) is 6.20. The van der Waals surface area contributed by atoms with Gasteiger partial charge in [-0.2, -0.15) is 13.2 Å². The summed E-state index contributed by atoms with van der Waals surface area (Å²) in [4.78, 5) is 20.6. The van der Waals surface area contributed by atoms with Crippen molar-refractivity contribution in [2.45, 2.75) is 19.1 Å². The lowest BCUT2D eigenvalue weighted by molar-refractivity contribution is -0.153. The second-order valence-electron chi connectivity index (χ2n) is 6.32. The van der Waals surface area contributed by atoms with Gasteiger partial charge in [0.25, 0.3) is 5.91 Å². The van der Waals surface area contributed by atoms with Crippen LogP contribution < -0.4 is 14.8 Å². The van der Waals surface area contributed by atoms with E-state index < -0.39 is 18.8 Å². The molecule has 0 bridgehead atoms. The van der Waals surface area contributed by atoms with Gasteiger partial charge in [-0.05, 0) is 37.3 Å². The van der Waals surface area contributed by atoms with Gasteiger partial charge in [0.1, 0.15) is 11.5 Å². The number of amides is 1. The Morgan fingerprint density at radius 2 is 1.77 bits per heavy atom. The number of aromatic nitrogens is 2. The molecular formula is C21H18F3N3O3. The van der Waals surface area contributed by atoms with Crippen LogP contribution in [0.1, 0.15) is 29.0 Å². The van der Waals surface area contributed by atoms with Crippen molar-refractivity contribution in [3.8, 4) is 17.4 Å². The fraction of sp³-hybridized carbons (Fsp3) is 0.190. The van der Waals surface area contributed by atoms with Gasteiger partial charge < -0.3 is 14.8 Å². The summed E-state index contributed by atoms with van der Waals surface area (Å²) in [5.74, 6) is 0.597. The average Bonchev–Trinajstić information content (AvgIpc) is 2.73. The fourth-order valence-electron chi connectivity index (χ4n) is 2.44. The molecule has 1 atom stereocenters. The van der Waals surface area contributed by atoms with E-state index in [0.29, 0.717) is 22.9 Å². The summed E-state index contributed by atoms with van der Waals surface area (Å²) in [6.45, 7) is 0.314. The van der Waals surface area contributed by atoms with E-state index in [1.54, 1.807) is 31.2 Å². The van der Waals surface area contributed by atoms with Gasteiger partial charge in [-0.1, -0.05) is 18.2 Å². The third-order valence-corrected chi connectivity index (χ3v) is 3.92. The summed E-state index contributed by atoms with van der Waals surface area (Å²) in [7, 11) is 0. The average molecular weight is 417 g/mol. The van der Waals surface area contributed by atoms with Crippen LogP contribution in [0.25, 0.3) is 0 Å². The lowest BCUT2D eigenvalue weighted by Crippen LogP contribution is -2.27. The van der Waals surface area contributed by atoms with Crippen LogP contribution in [-0.4, -0.2) is 28.7 Å². The molecule has 0 radical (unpaired) electrons. The van der Waals surface area contributed by atoms with E-state index in [4.69, 9.17) is 4.74 Å². The molecule has 0 aliphatic heterocycles. The molecule has 0 fully saturated rings. The van der Waals surface area contributed by atoms with Gasteiger partial charge in [-0.3, -0.25) is 9.78 Å². The molecule has 3 aromatic rings. The van der Waals surface area contributed by atoms with Gasteiger partial charge >= 0.3 is 6.18 Å². The quantitative estimate of drug-likeness (QED) is 0.603. The van der Waals surface area contributed by atoms with Crippen LogP contribution in [0, 0.1) is 0 Å². The number of halogens is 3. The summed E-state index contributed by atoms with van der Waals surface area (Å²) < 4.78 is 46.7. The Morgan fingerprint density at radius 3 is 2.37 bits per heavy atom. The Balaban J connectivity index is 1.56. The maximum absolute atomic E-state index is 12.4. The normalized spacial score (nSPS) is 12.1. The smallest absolute Gasteiger partial charge is 0.422 e. The molecule has 156 valence electrons. The Kier molecular flexibility index (Phi) is 6.51. The first-order valence-corrected chi connectivity index (χ1v) is 8.95. The summed E-state index contributed by atoms with van der Waals surface area (Å²) in [5.41, 5.74) is 0.798. The number of hydrogen-bond acceptors (Lipinski definition) is 5. The van der Waals surface area contributed by atoms with Crippen LogP contribution in [0.3, 0.4) is 0 Å². The molecule has 1 aromatic carbocycles. The van der Waals surface area contributed by atoms with Crippen LogP contribution in [0.4, 0.5) is 13.2 Å². The van der Waals surface area contributed by atoms with Crippen molar-refractivity contribution in [1.29, 1.82) is 0 Å². The van der Waals surface area contributed by atoms with Crippen LogP contribution in [-0.2, 0) is 0 Å². The molecule has 0 aliphatic carbocycles. The Hall–Kier alpha value is -3.62. The summed E-state index contributed by atoms with van der Waals surface area (Å²) in [5, 5.41) is 2.75. The van der Waals surface area contributed by atoms with E-state index in [2.05, 4.69) is 20.0 Å². The molecule has 0 unspecified atom stereocenters. The first-order chi connectivity index (χ1) is 14.3. The minimum atomic E-state index is -4.42. The van der Waals surface area contributed by atoms with Crippen LogP contribution in [0.5, 0.6) is 17.4 Å². The largest absolute Gasteiger partial charge is 0.483 e. The number of para-hydroxylation sites is 1. The van der Waals surface area contributed by atoms with Crippen molar-refractivity contribution in [2.75, 3.05) is 6.61 Å². The Morgan fingerprint density at radius 1 is 1.00 bits per heavy atom. The molecule has 0 spiro atoms. The summed E-state index contributed by atoms with van der Waals surface area (Å²) in [6.07, 6.45) is -1.85. The first-order valence-electron chi connectivity index (χ1n) is 8.95. The number of carbonyl (C=O) groups excluding carboxylic acids is 1. The molecule has 0 aliphatic rings. The lowest BCUT2D eigenvalue weighted by Gasteiger charge is -2.14. The zero-order valence-electron chi connectivity index (χ0n) is 15.9. The number of hydrogen-bond donors (Lipinski definition) is 1. The van der Waals surface area contributed by atoms with E-state index in [1.165, 1.54) is 24.5 Å². The maximum atomic E-state index is 12.4. The summed E-state index contributed by atoms with van der Waals surface area (Å²) in [6, 6.07) is 14.7. The van der Waals surface area contributed by atoms with Crippen molar-refractivity contribution in [3.05, 3.63) is 78.2 Å². The second-order valence-corrected chi connectivity index (χ2v) is 6.32. The minimum absolute atomic E-state index is 0.00666. The summed E-state index contributed by atoms with van der Waals surface area (Å²) >= 11 is 0. The van der Waals surface area contributed by atoms with E-state index in [1.807, 2.05) is 18.2 Å². The molecule has 1 amide bonds. The van der Waals surface area contributed by atoms with Crippen LogP contribution in [0.2, 0.25) is 0 Å². The molecule has 6 nitrogen and oxygen atoms in total. The van der Waals surface area contributed by atoms with Gasteiger partial charge in [0.15, 0.2) is 6.61 Å². The number of nitrogens with zero attached hydrogens (tertiary/aromatic N) is 2.